The summed E-state index contributed by atoms with van der Waals surface area (Å²) in [5.74, 6) is -1.13. The van der Waals surface area contributed by atoms with Gasteiger partial charge in [0.1, 0.15) is 5.82 Å². The predicted octanol–water partition coefficient (Wildman–Crippen LogP) is 2.71. The first-order valence-corrected chi connectivity index (χ1v) is 5.70. The molecule has 0 radical (unpaired) electrons. The lowest BCUT2D eigenvalue weighted by molar-refractivity contribution is 0.0512. The molecular formula is C11H8BrFN2O2. The lowest BCUT2D eigenvalue weighted by Crippen LogP contribution is -2.09. The van der Waals surface area contributed by atoms with Crippen LogP contribution < -0.4 is 0 Å². The summed E-state index contributed by atoms with van der Waals surface area (Å²) in [7, 11) is 0. The summed E-state index contributed by atoms with van der Waals surface area (Å²) < 4.78 is 18.8. The van der Waals surface area contributed by atoms with Crippen molar-refractivity contribution in [3.05, 3.63) is 34.4 Å². The zero-order chi connectivity index (χ0) is 12.4. The zero-order valence-electron chi connectivity index (χ0n) is 8.91. The molecule has 0 atom stereocenters. The van der Waals surface area contributed by atoms with Gasteiger partial charge in [0.05, 0.1) is 17.5 Å². The molecule has 0 N–H and O–H groups in total. The molecule has 0 unspecified atom stereocenters. The first-order chi connectivity index (χ1) is 8.11. The summed E-state index contributed by atoms with van der Waals surface area (Å²) in [4.78, 5) is 19.1. The van der Waals surface area contributed by atoms with E-state index in [1.54, 1.807) is 13.0 Å². The molecular weight excluding hydrogens is 291 g/mol. The standard InChI is InChI=1S/C11H8BrFN2O2/c1-2-17-11(16)10-14-5-7-8(13)3-6(12)4-9(7)15-10/h3-5H,2H2,1H3. The van der Waals surface area contributed by atoms with E-state index in [1.165, 1.54) is 12.3 Å². The van der Waals surface area contributed by atoms with Crippen molar-refractivity contribution in [3.8, 4) is 0 Å². The van der Waals surface area contributed by atoms with E-state index in [-0.39, 0.29) is 17.8 Å². The Kier molecular flexibility index (Phi) is 3.33. The molecule has 0 aliphatic rings. The summed E-state index contributed by atoms with van der Waals surface area (Å²) in [6.45, 7) is 1.93. The molecule has 0 amide bonds. The third-order valence-corrected chi connectivity index (χ3v) is 2.53. The molecule has 0 bridgehead atoms. The van der Waals surface area contributed by atoms with Gasteiger partial charge in [-0.3, -0.25) is 0 Å². The van der Waals surface area contributed by atoms with Gasteiger partial charge in [-0.15, -0.1) is 0 Å². The van der Waals surface area contributed by atoms with Crippen LogP contribution in [0.15, 0.2) is 22.8 Å². The Labute approximate surface area is 105 Å². The second-order valence-electron chi connectivity index (χ2n) is 3.23. The van der Waals surface area contributed by atoms with Crippen LogP contribution in [0.4, 0.5) is 4.39 Å². The second-order valence-corrected chi connectivity index (χ2v) is 4.15. The van der Waals surface area contributed by atoms with Crippen LogP contribution in [0.3, 0.4) is 0 Å². The number of fused-ring (bicyclic) bond motifs is 1. The van der Waals surface area contributed by atoms with Crippen LogP contribution in [0.2, 0.25) is 0 Å². The van der Waals surface area contributed by atoms with Gasteiger partial charge in [0, 0.05) is 10.7 Å². The largest absolute Gasteiger partial charge is 0.460 e. The van der Waals surface area contributed by atoms with Gasteiger partial charge in [-0.25, -0.2) is 19.2 Å². The molecule has 4 nitrogen and oxygen atoms in total. The fourth-order valence-corrected chi connectivity index (χ4v) is 1.77. The highest BCUT2D eigenvalue weighted by Crippen LogP contribution is 2.21. The molecule has 0 aliphatic heterocycles. The first-order valence-electron chi connectivity index (χ1n) is 4.90. The Morgan fingerprint density at radius 2 is 2.29 bits per heavy atom. The molecule has 17 heavy (non-hydrogen) atoms. The number of rotatable bonds is 2. The number of benzene rings is 1. The molecule has 6 heteroatoms. The summed E-state index contributed by atoms with van der Waals surface area (Å²) in [6.07, 6.45) is 1.27. The summed E-state index contributed by atoms with van der Waals surface area (Å²) in [6, 6.07) is 2.93. The van der Waals surface area contributed by atoms with Crippen molar-refractivity contribution in [1.29, 1.82) is 0 Å². The Morgan fingerprint density at radius 3 is 3.00 bits per heavy atom. The minimum atomic E-state index is -0.616. The highest BCUT2D eigenvalue weighted by Gasteiger charge is 2.12. The van der Waals surface area contributed by atoms with Gasteiger partial charge in [0.25, 0.3) is 0 Å². The van der Waals surface area contributed by atoms with E-state index in [9.17, 15) is 9.18 Å². The predicted molar refractivity (Wildman–Crippen MR) is 63.2 cm³/mol. The van der Waals surface area contributed by atoms with E-state index in [0.717, 1.165) is 0 Å². The van der Waals surface area contributed by atoms with Crippen LogP contribution in [-0.4, -0.2) is 22.5 Å². The SMILES string of the molecule is CCOC(=O)c1ncc2c(F)cc(Br)cc2n1. The summed E-state index contributed by atoms with van der Waals surface area (Å²) >= 11 is 3.16. The van der Waals surface area contributed by atoms with E-state index in [0.29, 0.717) is 9.99 Å². The Bertz CT molecular complexity index is 589. The quantitative estimate of drug-likeness (QED) is 0.800. The maximum absolute atomic E-state index is 13.5. The van der Waals surface area contributed by atoms with Gasteiger partial charge in [-0.05, 0) is 19.1 Å². The van der Waals surface area contributed by atoms with Gasteiger partial charge in [0.15, 0.2) is 0 Å². The van der Waals surface area contributed by atoms with Crippen molar-refractivity contribution in [1.82, 2.24) is 9.97 Å². The van der Waals surface area contributed by atoms with Crippen LogP contribution in [0.25, 0.3) is 10.9 Å². The van der Waals surface area contributed by atoms with E-state index in [4.69, 9.17) is 4.74 Å². The van der Waals surface area contributed by atoms with Crippen LogP contribution in [0, 0.1) is 5.82 Å². The number of nitrogens with zero attached hydrogens (tertiary/aromatic N) is 2. The minimum Gasteiger partial charge on any atom is -0.460 e. The van der Waals surface area contributed by atoms with Crippen LogP contribution in [0.5, 0.6) is 0 Å². The molecule has 1 heterocycles. The molecule has 2 rings (SSSR count). The number of halogens is 2. The monoisotopic (exact) mass is 298 g/mol. The number of hydrogen-bond donors (Lipinski definition) is 0. The van der Waals surface area contributed by atoms with Gasteiger partial charge < -0.3 is 4.74 Å². The normalized spacial score (nSPS) is 10.5. The topological polar surface area (TPSA) is 52.1 Å². The number of carbonyl (C=O) groups excluding carboxylic acids is 1. The van der Waals surface area contributed by atoms with Gasteiger partial charge in [-0.2, -0.15) is 0 Å². The Hall–Kier alpha value is -1.56. The molecule has 0 saturated heterocycles. The van der Waals surface area contributed by atoms with E-state index in [2.05, 4.69) is 25.9 Å². The Balaban J connectivity index is 2.54. The average molecular weight is 299 g/mol. The summed E-state index contributed by atoms with van der Waals surface area (Å²) in [5, 5.41) is 0.265. The molecule has 0 fully saturated rings. The lowest BCUT2D eigenvalue weighted by Gasteiger charge is -2.03. The molecule has 1 aromatic carbocycles. The highest BCUT2D eigenvalue weighted by molar-refractivity contribution is 9.10. The maximum atomic E-state index is 13.5. The number of ether oxygens (including phenoxy) is 1. The smallest absolute Gasteiger partial charge is 0.376 e. The van der Waals surface area contributed by atoms with Crippen LogP contribution in [0.1, 0.15) is 17.5 Å². The molecule has 88 valence electrons. The van der Waals surface area contributed by atoms with Crippen LogP contribution >= 0.6 is 15.9 Å². The first kappa shape index (κ1) is 11.9. The molecule has 1 aromatic heterocycles. The second kappa shape index (κ2) is 4.75. The van der Waals surface area contributed by atoms with Gasteiger partial charge in [-0.1, -0.05) is 15.9 Å². The van der Waals surface area contributed by atoms with Crippen molar-refractivity contribution in [3.63, 3.8) is 0 Å². The maximum Gasteiger partial charge on any atom is 0.376 e. The van der Waals surface area contributed by atoms with Crippen molar-refractivity contribution < 1.29 is 13.9 Å². The van der Waals surface area contributed by atoms with E-state index in [1.807, 2.05) is 0 Å². The fourth-order valence-electron chi connectivity index (χ4n) is 1.35. The number of esters is 1. The number of aromatic nitrogens is 2. The van der Waals surface area contributed by atoms with Crippen molar-refractivity contribution >= 4 is 32.8 Å². The molecule has 0 spiro atoms. The Morgan fingerprint density at radius 1 is 1.53 bits per heavy atom. The third kappa shape index (κ3) is 2.41. The van der Waals surface area contributed by atoms with Gasteiger partial charge in [0.2, 0.25) is 5.82 Å². The third-order valence-electron chi connectivity index (χ3n) is 2.07. The zero-order valence-corrected chi connectivity index (χ0v) is 10.5. The molecule has 0 aliphatic carbocycles. The van der Waals surface area contributed by atoms with Crippen molar-refractivity contribution in [2.24, 2.45) is 0 Å². The van der Waals surface area contributed by atoms with Crippen molar-refractivity contribution in [2.75, 3.05) is 6.61 Å². The van der Waals surface area contributed by atoms with E-state index < -0.39 is 11.8 Å². The average Bonchev–Trinajstić information content (AvgIpc) is 2.28. The van der Waals surface area contributed by atoms with Crippen molar-refractivity contribution in [2.45, 2.75) is 6.92 Å². The highest BCUT2D eigenvalue weighted by atomic mass is 79.9. The number of hydrogen-bond acceptors (Lipinski definition) is 4. The number of carbonyl (C=O) groups is 1. The lowest BCUT2D eigenvalue weighted by atomic mass is 10.2. The minimum absolute atomic E-state index is 0.0724. The summed E-state index contributed by atoms with van der Waals surface area (Å²) in [5.41, 5.74) is 0.356. The van der Waals surface area contributed by atoms with E-state index >= 15 is 0 Å². The van der Waals surface area contributed by atoms with Gasteiger partial charge >= 0.3 is 5.97 Å². The molecule has 0 saturated carbocycles. The fraction of sp³-hybridized carbons (Fsp3) is 0.182. The van der Waals surface area contributed by atoms with Crippen LogP contribution in [-0.2, 0) is 4.74 Å². The molecule has 2 aromatic rings.